The predicted octanol–water partition coefficient (Wildman–Crippen LogP) is 2.42. The minimum absolute atomic E-state index is 0.308. The van der Waals surface area contributed by atoms with Crippen LogP contribution in [0.25, 0.3) is 0 Å². The van der Waals surface area contributed by atoms with Crippen molar-refractivity contribution < 1.29 is 5.11 Å². The van der Waals surface area contributed by atoms with E-state index in [0.29, 0.717) is 12.3 Å². The maximum atomic E-state index is 10.2. The molecule has 0 spiro atoms. The van der Waals surface area contributed by atoms with Crippen molar-refractivity contribution in [2.45, 2.75) is 39.2 Å². The molecule has 78 valence electrons. The highest BCUT2D eigenvalue weighted by Crippen LogP contribution is 2.23. The Labute approximate surface area is 86.0 Å². The lowest BCUT2D eigenvalue weighted by atomic mass is 9.84. The van der Waals surface area contributed by atoms with Crippen molar-refractivity contribution in [3.63, 3.8) is 0 Å². The van der Waals surface area contributed by atoms with Crippen molar-refractivity contribution in [1.29, 1.82) is 0 Å². The molecule has 14 heavy (non-hydrogen) atoms. The zero-order chi connectivity index (χ0) is 10.6. The van der Waals surface area contributed by atoms with Crippen molar-refractivity contribution in [3.05, 3.63) is 30.1 Å². The number of aliphatic hydroxyl groups is 1. The molecule has 0 radical (unpaired) electrons. The lowest BCUT2D eigenvalue weighted by Crippen LogP contribution is -2.34. The monoisotopic (exact) mass is 193 g/mol. The molecule has 0 aliphatic rings. The molecule has 2 nitrogen and oxygen atoms in total. The second-order valence-corrected chi connectivity index (χ2v) is 4.20. The normalized spacial score (nSPS) is 17.4. The van der Waals surface area contributed by atoms with E-state index in [9.17, 15) is 5.11 Å². The van der Waals surface area contributed by atoms with Crippen molar-refractivity contribution in [3.8, 4) is 0 Å². The van der Waals surface area contributed by atoms with E-state index in [1.54, 1.807) is 6.20 Å². The van der Waals surface area contributed by atoms with Gasteiger partial charge in [0, 0.05) is 18.8 Å². The highest BCUT2D eigenvalue weighted by Gasteiger charge is 2.27. The summed E-state index contributed by atoms with van der Waals surface area (Å²) < 4.78 is 0. The Morgan fingerprint density at radius 1 is 1.57 bits per heavy atom. The van der Waals surface area contributed by atoms with E-state index in [1.807, 2.05) is 25.3 Å². The first-order chi connectivity index (χ1) is 6.56. The molecule has 0 saturated carbocycles. The first kappa shape index (κ1) is 11.2. The molecule has 0 aliphatic heterocycles. The summed E-state index contributed by atoms with van der Waals surface area (Å²) in [7, 11) is 0. The van der Waals surface area contributed by atoms with Gasteiger partial charge in [-0.05, 0) is 24.5 Å². The lowest BCUT2D eigenvalue weighted by molar-refractivity contribution is 0.00510. The van der Waals surface area contributed by atoms with Crippen LogP contribution >= 0.6 is 0 Å². The second kappa shape index (κ2) is 4.56. The summed E-state index contributed by atoms with van der Waals surface area (Å²) in [5, 5.41) is 10.2. The molecule has 0 fully saturated rings. The van der Waals surface area contributed by atoms with E-state index >= 15 is 0 Å². The molecule has 2 heteroatoms. The number of pyridine rings is 1. The molecule has 0 amide bonds. The Balaban J connectivity index is 2.68. The molecular weight excluding hydrogens is 174 g/mol. The number of nitrogens with zero attached hydrogens (tertiary/aromatic N) is 1. The highest BCUT2D eigenvalue weighted by molar-refractivity contribution is 5.11. The number of aromatic nitrogens is 1. The predicted molar refractivity (Wildman–Crippen MR) is 58.0 cm³/mol. The summed E-state index contributed by atoms with van der Waals surface area (Å²) >= 11 is 0. The van der Waals surface area contributed by atoms with Crippen LogP contribution in [-0.2, 0) is 6.42 Å². The largest absolute Gasteiger partial charge is 0.390 e. The van der Waals surface area contributed by atoms with Gasteiger partial charge in [-0.1, -0.05) is 26.3 Å². The molecule has 0 bridgehead atoms. The standard InChI is InChI=1S/C12H19NO/c1-4-10(2)12(3,14)8-11-6-5-7-13-9-11/h5-7,9-10,14H,4,8H2,1-3H3. The molecule has 1 rings (SSSR count). The van der Waals surface area contributed by atoms with Crippen LogP contribution in [-0.4, -0.2) is 15.7 Å². The zero-order valence-electron chi connectivity index (χ0n) is 9.20. The topological polar surface area (TPSA) is 33.1 Å². The van der Waals surface area contributed by atoms with E-state index in [-0.39, 0.29) is 0 Å². The molecule has 1 aromatic rings. The van der Waals surface area contributed by atoms with Gasteiger partial charge in [-0.15, -0.1) is 0 Å². The molecule has 1 aromatic heterocycles. The summed E-state index contributed by atoms with van der Waals surface area (Å²) in [5.74, 6) is 0.308. The van der Waals surface area contributed by atoms with Crippen LogP contribution in [0.5, 0.6) is 0 Å². The molecule has 0 aromatic carbocycles. The fourth-order valence-corrected chi connectivity index (χ4v) is 1.53. The third kappa shape index (κ3) is 2.81. The quantitative estimate of drug-likeness (QED) is 0.796. The molecule has 0 saturated heterocycles. The Bertz CT molecular complexity index is 269. The van der Waals surface area contributed by atoms with Crippen LogP contribution < -0.4 is 0 Å². The van der Waals surface area contributed by atoms with Gasteiger partial charge in [-0.25, -0.2) is 0 Å². The first-order valence-corrected chi connectivity index (χ1v) is 5.17. The van der Waals surface area contributed by atoms with Gasteiger partial charge in [-0.2, -0.15) is 0 Å². The van der Waals surface area contributed by atoms with E-state index < -0.39 is 5.60 Å². The Morgan fingerprint density at radius 2 is 2.29 bits per heavy atom. The highest BCUT2D eigenvalue weighted by atomic mass is 16.3. The first-order valence-electron chi connectivity index (χ1n) is 5.17. The van der Waals surface area contributed by atoms with Crippen molar-refractivity contribution in [1.82, 2.24) is 4.98 Å². The third-order valence-electron chi connectivity index (χ3n) is 2.96. The van der Waals surface area contributed by atoms with Gasteiger partial charge in [0.05, 0.1) is 5.60 Å². The number of rotatable bonds is 4. The summed E-state index contributed by atoms with van der Waals surface area (Å²) in [6.45, 7) is 6.08. The van der Waals surface area contributed by atoms with Crippen LogP contribution in [0.1, 0.15) is 32.8 Å². The molecule has 0 aliphatic carbocycles. The molecular formula is C12H19NO. The van der Waals surface area contributed by atoms with Gasteiger partial charge in [0.25, 0.3) is 0 Å². The number of hydrogen-bond donors (Lipinski definition) is 1. The smallest absolute Gasteiger partial charge is 0.0685 e. The fourth-order valence-electron chi connectivity index (χ4n) is 1.53. The van der Waals surface area contributed by atoms with E-state index in [1.165, 1.54) is 0 Å². The van der Waals surface area contributed by atoms with Crippen molar-refractivity contribution in [2.75, 3.05) is 0 Å². The van der Waals surface area contributed by atoms with Crippen LogP contribution in [0, 0.1) is 5.92 Å². The van der Waals surface area contributed by atoms with Gasteiger partial charge in [0.1, 0.15) is 0 Å². The maximum absolute atomic E-state index is 10.2. The van der Waals surface area contributed by atoms with Gasteiger partial charge in [-0.3, -0.25) is 4.98 Å². The van der Waals surface area contributed by atoms with Crippen LogP contribution in [0.15, 0.2) is 24.5 Å². The SMILES string of the molecule is CCC(C)C(C)(O)Cc1cccnc1. The molecule has 1 heterocycles. The molecule has 2 unspecified atom stereocenters. The van der Waals surface area contributed by atoms with Gasteiger partial charge in [0.15, 0.2) is 0 Å². The maximum Gasteiger partial charge on any atom is 0.0685 e. The summed E-state index contributed by atoms with van der Waals surface area (Å²) in [5.41, 5.74) is 0.468. The van der Waals surface area contributed by atoms with Gasteiger partial charge < -0.3 is 5.11 Å². The summed E-state index contributed by atoms with van der Waals surface area (Å²) in [4.78, 5) is 4.04. The third-order valence-corrected chi connectivity index (χ3v) is 2.96. The van der Waals surface area contributed by atoms with Crippen molar-refractivity contribution >= 4 is 0 Å². The van der Waals surface area contributed by atoms with Crippen molar-refractivity contribution in [2.24, 2.45) is 5.92 Å². The Kier molecular flexibility index (Phi) is 3.64. The fraction of sp³-hybridized carbons (Fsp3) is 0.583. The lowest BCUT2D eigenvalue weighted by Gasteiger charge is -2.29. The second-order valence-electron chi connectivity index (χ2n) is 4.20. The van der Waals surface area contributed by atoms with E-state index in [0.717, 1.165) is 12.0 Å². The number of hydrogen-bond acceptors (Lipinski definition) is 2. The average Bonchev–Trinajstić information content (AvgIpc) is 2.17. The Morgan fingerprint density at radius 3 is 2.79 bits per heavy atom. The summed E-state index contributed by atoms with van der Waals surface area (Å²) in [6, 6.07) is 3.91. The minimum atomic E-state index is -0.627. The van der Waals surface area contributed by atoms with Crippen LogP contribution in [0.3, 0.4) is 0 Å². The van der Waals surface area contributed by atoms with Crippen LogP contribution in [0.4, 0.5) is 0 Å². The van der Waals surface area contributed by atoms with Gasteiger partial charge >= 0.3 is 0 Å². The Hall–Kier alpha value is -0.890. The van der Waals surface area contributed by atoms with E-state index in [2.05, 4.69) is 18.8 Å². The van der Waals surface area contributed by atoms with E-state index in [4.69, 9.17) is 0 Å². The van der Waals surface area contributed by atoms with Gasteiger partial charge in [0.2, 0.25) is 0 Å². The minimum Gasteiger partial charge on any atom is -0.390 e. The molecule has 2 atom stereocenters. The summed E-state index contributed by atoms with van der Waals surface area (Å²) in [6.07, 6.45) is 5.24. The molecule has 1 N–H and O–H groups in total. The zero-order valence-corrected chi connectivity index (χ0v) is 9.20. The van der Waals surface area contributed by atoms with Crippen LogP contribution in [0.2, 0.25) is 0 Å². The average molecular weight is 193 g/mol.